The maximum atomic E-state index is 11.8. The van der Waals surface area contributed by atoms with Crippen molar-refractivity contribution < 1.29 is 14.3 Å². The quantitative estimate of drug-likeness (QED) is 0.412. The molecule has 0 bridgehead atoms. The Balaban J connectivity index is 1.83. The van der Waals surface area contributed by atoms with Crippen molar-refractivity contribution in [2.24, 2.45) is 4.99 Å². The number of hydrogen-bond acceptors (Lipinski definition) is 4. The molecule has 0 unspecified atom stereocenters. The van der Waals surface area contributed by atoms with Crippen molar-refractivity contribution in [2.75, 3.05) is 33.1 Å². The molecule has 0 aliphatic rings. The van der Waals surface area contributed by atoms with Crippen molar-refractivity contribution >= 4 is 17.6 Å². The number of nitrogens with one attached hydrogen (secondary N) is 3. The van der Waals surface area contributed by atoms with Crippen LogP contribution in [0.3, 0.4) is 0 Å². The van der Waals surface area contributed by atoms with Crippen LogP contribution in [-0.4, -0.2) is 39.7 Å². The zero-order valence-electron chi connectivity index (χ0n) is 18.2. The lowest BCUT2D eigenvalue weighted by Crippen LogP contribution is -2.37. The van der Waals surface area contributed by atoms with Crippen LogP contribution >= 0.6 is 0 Å². The Morgan fingerprint density at radius 3 is 2.50 bits per heavy atom. The highest BCUT2D eigenvalue weighted by molar-refractivity contribution is 5.90. The summed E-state index contributed by atoms with van der Waals surface area (Å²) < 4.78 is 10.6. The lowest BCUT2D eigenvalue weighted by Gasteiger charge is -2.13. The summed E-state index contributed by atoms with van der Waals surface area (Å²) >= 11 is 0. The van der Waals surface area contributed by atoms with E-state index in [1.165, 1.54) is 0 Å². The summed E-state index contributed by atoms with van der Waals surface area (Å²) in [4.78, 5) is 16.0. The van der Waals surface area contributed by atoms with Crippen LogP contribution in [0.2, 0.25) is 0 Å². The summed E-state index contributed by atoms with van der Waals surface area (Å²) in [5, 5.41) is 9.54. The van der Waals surface area contributed by atoms with Gasteiger partial charge in [0.15, 0.2) is 17.5 Å². The van der Waals surface area contributed by atoms with E-state index in [-0.39, 0.29) is 5.91 Å². The highest BCUT2D eigenvalue weighted by Gasteiger charge is 2.06. The average Bonchev–Trinajstić information content (AvgIpc) is 2.76. The first-order chi connectivity index (χ1) is 14.6. The van der Waals surface area contributed by atoms with E-state index in [1.54, 1.807) is 21.3 Å². The largest absolute Gasteiger partial charge is 0.493 e. The van der Waals surface area contributed by atoms with Crippen LogP contribution in [0.1, 0.15) is 30.9 Å². The first-order valence-electron chi connectivity index (χ1n) is 10.1. The number of rotatable bonds is 10. The van der Waals surface area contributed by atoms with Gasteiger partial charge in [0, 0.05) is 32.2 Å². The Hall–Kier alpha value is -3.22. The molecule has 0 heterocycles. The smallest absolute Gasteiger partial charge is 0.224 e. The number of carbonyl (C=O) groups excluding carboxylic acids is 1. The molecule has 0 saturated heterocycles. The minimum absolute atomic E-state index is 0.0373. The van der Waals surface area contributed by atoms with Gasteiger partial charge in [0.05, 0.1) is 14.2 Å². The molecule has 0 radical (unpaired) electrons. The van der Waals surface area contributed by atoms with Crippen molar-refractivity contribution in [3.8, 4) is 11.5 Å². The molecule has 0 aliphatic carbocycles. The molecule has 162 valence electrons. The molecule has 7 heteroatoms. The van der Waals surface area contributed by atoms with E-state index in [0.717, 1.165) is 53.7 Å². The first-order valence-corrected chi connectivity index (χ1v) is 10.1. The van der Waals surface area contributed by atoms with Gasteiger partial charge in [-0.3, -0.25) is 9.79 Å². The van der Waals surface area contributed by atoms with E-state index in [4.69, 9.17) is 9.47 Å². The molecule has 2 aromatic rings. The van der Waals surface area contributed by atoms with E-state index in [0.29, 0.717) is 13.0 Å². The second kappa shape index (κ2) is 12.4. The van der Waals surface area contributed by atoms with Crippen LogP contribution in [0, 0.1) is 0 Å². The molecule has 7 nitrogen and oxygen atoms in total. The SMILES string of the molecule is CCCC(=O)Nc1cccc(CNC(=NC)NCCc2ccc(OC)c(OC)c2)c1. The summed E-state index contributed by atoms with van der Waals surface area (Å²) in [5.74, 6) is 2.20. The molecular weight excluding hydrogens is 380 g/mol. The van der Waals surface area contributed by atoms with Crippen LogP contribution < -0.4 is 25.4 Å². The van der Waals surface area contributed by atoms with E-state index in [9.17, 15) is 4.79 Å². The zero-order valence-corrected chi connectivity index (χ0v) is 18.2. The van der Waals surface area contributed by atoms with Crippen molar-refractivity contribution in [2.45, 2.75) is 32.7 Å². The maximum absolute atomic E-state index is 11.8. The highest BCUT2D eigenvalue weighted by Crippen LogP contribution is 2.27. The molecule has 0 saturated carbocycles. The zero-order chi connectivity index (χ0) is 21.8. The van der Waals surface area contributed by atoms with Gasteiger partial charge in [-0.2, -0.15) is 0 Å². The fraction of sp³-hybridized carbons (Fsp3) is 0.391. The molecular formula is C23H32N4O3. The minimum atomic E-state index is 0.0373. The number of guanidine groups is 1. The lowest BCUT2D eigenvalue weighted by molar-refractivity contribution is -0.116. The highest BCUT2D eigenvalue weighted by atomic mass is 16.5. The van der Waals surface area contributed by atoms with Crippen molar-refractivity contribution in [3.63, 3.8) is 0 Å². The predicted molar refractivity (Wildman–Crippen MR) is 121 cm³/mol. The normalized spacial score (nSPS) is 11.0. The molecule has 2 aromatic carbocycles. The number of aliphatic imine (C=N–C) groups is 1. The van der Waals surface area contributed by atoms with E-state index in [2.05, 4.69) is 20.9 Å². The summed E-state index contributed by atoms with van der Waals surface area (Å²) in [7, 11) is 5.01. The molecule has 1 amide bonds. The van der Waals surface area contributed by atoms with Gasteiger partial charge in [0.25, 0.3) is 0 Å². The Labute approximate surface area is 178 Å². The van der Waals surface area contributed by atoms with Gasteiger partial charge in [-0.15, -0.1) is 0 Å². The van der Waals surface area contributed by atoms with Crippen molar-refractivity contribution in [1.29, 1.82) is 0 Å². The van der Waals surface area contributed by atoms with Crippen molar-refractivity contribution in [3.05, 3.63) is 53.6 Å². The third-order valence-electron chi connectivity index (χ3n) is 4.53. The monoisotopic (exact) mass is 412 g/mol. The number of amides is 1. The van der Waals surface area contributed by atoms with Gasteiger partial charge in [-0.1, -0.05) is 25.1 Å². The molecule has 0 fully saturated rings. The van der Waals surface area contributed by atoms with E-state index < -0.39 is 0 Å². The molecule has 0 atom stereocenters. The Morgan fingerprint density at radius 1 is 1.00 bits per heavy atom. The number of benzene rings is 2. The molecule has 2 rings (SSSR count). The topological polar surface area (TPSA) is 84.0 Å². The fourth-order valence-corrected chi connectivity index (χ4v) is 2.98. The third kappa shape index (κ3) is 7.31. The van der Waals surface area contributed by atoms with Crippen molar-refractivity contribution in [1.82, 2.24) is 10.6 Å². The van der Waals surface area contributed by atoms with Crippen LogP contribution in [-0.2, 0) is 17.8 Å². The third-order valence-corrected chi connectivity index (χ3v) is 4.53. The van der Waals surface area contributed by atoms with E-state index in [1.807, 2.05) is 49.4 Å². The summed E-state index contributed by atoms with van der Waals surface area (Å²) in [6, 6.07) is 13.7. The first kappa shape index (κ1) is 23.1. The molecule has 0 aliphatic heterocycles. The van der Waals surface area contributed by atoms with Gasteiger partial charge < -0.3 is 25.4 Å². The molecule has 3 N–H and O–H groups in total. The number of nitrogens with zero attached hydrogens (tertiary/aromatic N) is 1. The number of ether oxygens (including phenoxy) is 2. The van der Waals surface area contributed by atoms with Gasteiger partial charge in [-0.05, 0) is 48.2 Å². The van der Waals surface area contributed by atoms with Gasteiger partial charge in [0.2, 0.25) is 5.91 Å². The average molecular weight is 413 g/mol. The number of hydrogen-bond donors (Lipinski definition) is 3. The Bertz CT molecular complexity index is 852. The van der Waals surface area contributed by atoms with Crippen LogP contribution in [0.25, 0.3) is 0 Å². The lowest BCUT2D eigenvalue weighted by atomic mass is 10.1. The van der Waals surface area contributed by atoms with Crippen LogP contribution in [0.4, 0.5) is 5.69 Å². The minimum Gasteiger partial charge on any atom is -0.493 e. The predicted octanol–water partition coefficient (Wildman–Crippen LogP) is 3.35. The summed E-state index contributed by atoms with van der Waals surface area (Å²) in [5.41, 5.74) is 3.02. The van der Waals surface area contributed by atoms with Crippen LogP contribution in [0.15, 0.2) is 47.5 Å². The van der Waals surface area contributed by atoms with E-state index >= 15 is 0 Å². The van der Waals surface area contributed by atoms with Gasteiger partial charge in [-0.25, -0.2) is 0 Å². The number of carbonyl (C=O) groups is 1. The van der Waals surface area contributed by atoms with Gasteiger partial charge >= 0.3 is 0 Å². The summed E-state index contributed by atoms with van der Waals surface area (Å²) in [6.07, 6.45) is 2.18. The van der Waals surface area contributed by atoms with Crippen LogP contribution in [0.5, 0.6) is 11.5 Å². The standard InChI is InChI=1S/C23H32N4O3/c1-5-7-22(28)27-19-9-6-8-18(14-19)16-26-23(24-2)25-13-12-17-10-11-20(29-3)21(15-17)30-4/h6,8-11,14-15H,5,7,12-13,16H2,1-4H3,(H,27,28)(H2,24,25,26). The second-order valence-corrected chi connectivity index (χ2v) is 6.79. The van der Waals surface area contributed by atoms with Gasteiger partial charge in [0.1, 0.15) is 0 Å². The fourth-order valence-electron chi connectivity index (χ4n) is 2.98. The maximum Gasteiger partial charge on any atom is 0.224 e. The Kier molecular flexibility index (Phi) is 9.51. The Morgan fingerprint density at radius 2 is 1.80 bits per heavy atom. The molecule has 0 aromatic heterocycles. The molecule has 0 spiro atoms. The second-order valence-electron chi connectivity index (χ2n) is 6.79. The number of anilines is 1. The summed E-state index contributed by atoms with van der Waals surface area (Å²) in [6.45, 7) is 3.32. The number of methoxy groups -OCH3 is 2. The molecule has 30 heavy (non-hydrogen) atoms.